The standard InChI is InChI=1S/C17H14BrN3O4/c1-25-15-8-20-10(5-14(15)22)6-19-7-13-12-4-9(18)2-3-11(12)16(23)21-17(13)24/h2-5,7-8,19H,6H2,1H3,(H,20,22)(H,21,23,24)/b13-7+. The van der Waals surface area contributed by atoms with Gasteiger partial charge in [0.15, 0.2) is 11.5 Å². The number of pyridine rings is 1. The number of benzene rings is 1. The molecule has 0 radical (unpaired) electrons. The third-order valence-electron chi connectivity index (χ3n) is 3.64. The Labute approximate surface area is 151 Å². The summed E-state index contributed by atoms with van der Waals surface area (Å²) in [5, 5.41) is 15.0. The maximum Gasteiger partial charge on any atom is 0.260 e. The predicted molar refractivity (Wildman–Crippen MR) is 93.9 cm³/mol. The Kier molecular flexibility index (Phi) is 4.71. The predicted octanol–water partition coefficient (Wildman–Crippen LogP) is 1.96. The average Bonchev–Trinajstić information content (AvgIpc) is 2.57. The van der Waals surface area contributed by atoms with Crippen LogP contribution in [0.5, 0.6) is 11.5 Å². The van der Waals surface area contributed by atoms with E-state index in [0.717, 1.165) is 4.47 Å². The lowest BCUT2D eigenvalue weighted by molar-refractivity contribution is -0.114. The van der Waals surface area contributed by atoms with Crippen molar-refractivity contribution in [3.8, 4) is 11.5 Å². The van der Waals surface area contributed by atoms with Crippen molar-refractivity contribution in [3.05, 3.63) is 58.0 Å². The van der Waals surface area contributed by atoms with Gasteiger partial charge in [0, 0.05) is 27.9 Å². The van der Waals surface area contributed by atoms with Gasteiger partial charge in [0.05, 0.1) is 31.1 Å². The molecule has 0 spiro atoms. The third kappa shape index (κ3) is 3.48. The van der Waals surface area contributed by atoms with Gasteiger partial charge in [0.1, 0.15) is 0 Å². The second-order valence-electron chi connectivity index (χ2n) is 5.26. The van der Waals surface area contributed by atoms with Gasteiger partial charge in [-0.1, -0.05) is 15.9 Å². The van der Waals surface area contributed by atoms with Crippen LogP contribution in [-0.4, -0.2) is 29.0 Å². The maximum atomic E-state index is 12.1. The highest BCUT2D eigenvalue weighted by Crippen LogP contribution is 2.27. The van der Waals surface area contributed by atoms with Crippen molar-refractivity contribution >= 4 is 33.3 Å². The number of nitrogens with one attached hydrogen (secondary N) is 2. The zero-order chi connectivity index (χ0) is 18.0. The van der Waals surface area contributed by atoms with Gasteiger partial charge in [-0.2, -0.15) is 0 Å². The molecule has 2 amide bonds. The van der Waals surface area contributed by atoms with Crippen LogP contribution < -0.4 is 15.4 Å². The lowest BCUT2D eigenvalue weighted by Gasteiger charge is -2.18. The van der Waals surface area contributed by atoms with Crippen molar-refractivity contribution < 1.29 is 19.4 Å². The fraction of sp³-hybridized carbons (Fsp3) is 0.118. The van der Waals surface area contributed by atoms with Gasteiger partial charge in [-0.3, -0.25) is 19.9 Å². The Hall–Kier alpha value is -2.87. The molecule has 0 fully saturated rings. The van der Waals surface area contributed by atoms with Gasteiger partial charge in [-0.05, 0) is 18.2 Å². The van der Waals surface area contributed by atoms with Crippen LogP contribution in [-0.2, 0) is 11.3 Å². The van der Waals surface area contributed by atoms with Gasteiger partial charge < -0.3 is 15.2 Å². The van der Waals surface area contributed by atoms with E-state index in [-0.39, 0.29) is 18.0 Å². The molecule has 0 saturated heterocycles. The molecule has 2 aromatic rings. The van der Waals surface area contributed by atoms with Gasteiger partial charge in [0.25, 0.3) is 11.8 Å². The van der Waals surface area contributed by atoms with Gasteiger partial charge in [-0.15, -0.1) is 0 Å². The first kappa shape index (κ1) is 17.0. The van der Waals surface area contributed by atoms with E-state index in [1.54, 1.807) is 18.2 Å². The Morgan fingerprint density at radius 1 is 1.28 bits per heavy atom. The van der Waals surface area contributed by atoms with E-state index in [4.69, 9.17) is 4.74 Å². The molecule has 2 heterocycles. The second kappa shape index (κ2) is 6.94. The van der Waals surface area contributed by atoms with Crippen LogP contribution in [0.3, 0.4) is 0 Å². The van der Waals surface area contributed by atoms with Gasteiger partial charge in [-0.25, -0.2) is 0 Å². The summed E-state index contributed by atoms with van der Waals surface area (Å²) in [4.78, 5) is 28.2. The molecule has 3 N–H and O–H groups in total. The lowest BCUT2D eigenvalue weighted by Crippen LogP contribution is -2.37. The molecule has 128 valence electrons. The van der Waals surface area contributed by atoms with E-state index < -0.39 is 11.8 Å². The van der Waals surface area contributed by atoms with Crippen molar-refractivity contribution in [1.29, 1.82) is 0 Å². The number of nitrogens with zero attached hydrogens (tertiary/aromatic N) is 1. The van der Waals surface area contributed by atoms with E-state index in [0.29, 0.717) is 22.4 Å². The van der Waals surface area contributed by atoms with E-state index >= 15 is 0 Å². The molecule has 1 aliphatic rings. The number of fused-ring (bicyclic) bond motifs is 1. The molecular weight excluding hydrogens is 390 g/mol. The minimum Gasteiger partial charge on any atom is -0.504 e. The Bertz CT molecular complexity index is 895. The number of halogens is 1. The summed E-state index contributed by atoms with van der Waals surface area (Å²) in [6.07, 6.45) is 2.94. The number of ether oxygens (including phenoxy) is 1. The van der Waals surface area contributed by atoms with Crippen molar-refractivity contribution in [2.75, 3.05) is 7.11 Å². The molecule has 7 nitrogen and oxygen atoms in total. The number of imide groups is 1. The van der Waals surface area contributed by atoms with Crippen molar-refractivity contribution in [2.45, 2.75) is 6.54 Å². The highest BCUT2D eigenvalue weighted by atomic mass is 79.9. The number of carbonyl (C=O) groups is 2. The molecule has 1 aromatic carbocycles. The molecule has 1 aromatic heterocycles. The molecule has 0 bridgehead atoms. The second-order valence-corrected chi connectivity index (χ2v) is 6.18. The van der Waals surface area contributed by atoms with Crippen molar-refractivity contribution in [2.24, 2.45) is 0 Å². The number of rotatable bonds is 4. The molecule has 0 saturated carbocycles. The lowest BCUT2D eigenvalue weighted by atomic mass is 9.96. The van der Waals surface area contributed by atoms with Crippen LogP contribution in [0.4, 0.5) is 0 Å². The smallest absolute Gasteiger partial charge is 0.260 e. The first-order valence-corrected chi connectivity index (χ1v) is 8.10. The summed E-state index contributed by atoms with van der Waals surface area (Å²) in [6, 6.07) is 6.58. The van der Waals surface area contributed by atoms with E-state index in [1.807, 2.05) is 0 Å². The molecule has 25 heavy (non-hydrogen) atoms. The van der Waals surface area contributed by atoms with Crippen LogP contribution >= 0.6 is 15.9 Å². The Morgan fingerprint density at radius 3 is 2.80 bits per heavy atom. The topological polar surface area (TPSA) is 101 Å². The molecule has 1 aliphatic heterocycles. The summed E-state index contributed by atoms with van der Waals surface area (Å²) in [6.45, 7) is 0.283. The summed E-state index contributed by atoms with van der Waals surface area (Å²) in [5.41, 5.74) is 1.88. The van der Waals surface area contributed by atoms with Crippen LogP contribution in [0, 0.1) is 0 Å². The number of carbonyl (C=O) groups excluding carboxylic acids is 2. The normalized spacial score (nSPS) is 14.9. The summed E-state index contributed by atoms with van der Waals surface area (Å²) >= 11 is 3.34. The number of hydrogen-bond donors (Lipinski definition) is 3. The zero-order valence-electron chi connectivity index (χ0n) is 13.2. The zero-order valence-corrected chi connectivity index (χ0v) is 14.8. The van der Waals surface area contributed by atoms with Crippen molar-refractivity contribution in [3.63, 3.8) is 0 Å². The molecule has 8 heteroatoms. The quantitative estimate of drug-likeness (QED) is 0.532. The molecular formula is C17H14BrN3O4. The molecule has 3 rings (SSSR count). The number of hydrogen-bond acceptors (Lipinski definition) is 6. The summed E-state index contributed by atoms with van der Waals surface area (Å²) in [7, 11) is 1.44. The van der Waals surface area contributed by atoms with E-state index in [2.05, 4.69) is 31.5 Å². The number of aromatic nitrogens is 1. The molecule has 0 aliphatic carbocycles. The van der Waals surface area contributed by atoms with Crippen LogP contribution in [0.2, 0.25) is 0 Å². The fourth-order valence-corrected chi connectivity index (χ4v) is 2.79. The van der Waals surface area contributed by atoms with Gasteiger partial charge in [0.2, 0.25) is 0 Å². The minimum atomic E-state index is -0.478. The summed E-state index contributed by atoms with van der Waals surface area (Å²) < 4.78 is 5.71. The SMILES string of the molecule is COc1cnc(CN/C=C2/C(=O)NC(=O)c3ccc(Br)cc32)cc1O. The first-order valence-electron chi connectivity index (χ1n) is 7.30. The van der Waals surface area contributed by atoms with E-state index in [1.165, 1.54) is 25.6 Å². The molecule has 0 atom stereocenters. The average molecular weight is 404 g/mol. The van der Waals surface area contributed by atoms with Crippen LogP contribution in [0.15, 0.2) is 41.1 Å². The highest BCUT2D eigenvalue weighted by Gasteiger charge is 2.27. The first-order chi connectivity index (χ1) is 12.0. The number of aromatic hydroxyl groups is 1. The maximum absolute atomic E-state index is 12.1. The van der Waals surface area contributed by atoms with E-state index in [9.17, 15) is 14.7 Å². The monoisotopic (exact) mass is 403 g/mol. The van der Waals surface area contributed by atoms with Crippen LogP contribution in [0.25, 0.3) is 5.57 Å². The number of methoxy groups -OCH3 is 1. The minimum absolute atomic E-state index is 0.0164. The van der Waals surface area contributed by atoms with Gasteiger partial charge >= 0.3 is 0 Å². The summed E-state index contributed by atoms with van der Waals surface area (Å²) in [5.74, 6) is -0.636. The van der Waals surface area contributed by atoms with Crippen molar-refractivity contribution in [1.82, 2.24) is 15.6 Å². The highest BCUT2D eigenvalue weighted by molar-refractivity contribution is 9.10. The number of amides is 2. The largest absolute Gasteiger partial charge is 0.504 e. The Balaban J connectivity index is 1.83. The molecule has 0 unspecified atom stereocenters. The fourth-order valence-electron chi connectivity index (χ4n) is 2.43. The van der Waals surface area contributed by atoms with Crippen LogP contribution in [0.1, 0.15) is 21.6 Å². The Morgan fingerprint density at radius 2 is 2.08 bits per heavy atom. The third-order valence-corrected chi connectivity index (χ3v) is 4.13.